The maximum absolute atomic E-state index is 5.11. The van der Waals surface area contributed by atoms with E-state index in [1.54, 1.807) is 13.2 Å². The fraction of sp³-hybridized carbons (Fsp3) is 0.455. The molecule has 0 aromatic carbocycles. The first-order valence-corrected chi connectivity index (χ1v) is 5.25. The summed E-state index contributed by atoms with van der Waals surface area (Å²) in [5.74, 6) is 0.710. The third-order valence-corrected chi connectivity index (χ3v) is 1.56. The van der Waals surface area contributed by atoms with Crippen molar-refractivity contribution in [2.45, 2.75) is 13.8 Å². The van der Waals surface area contributed by atoms with E-state index in [-0.39, 0.29) is 0 Å². The van der Waals surface area contributed by atoms with Crippen molar-refractivity contribution in [1.29, 1.82) is 0 Å². The molecule has 3 heteroatoms. The SMILES string of the molecule is C=C(Br)/C=C(/OC)C(=C)N(C)C.CC. The third-order valence-electron chi connectivity index (χ3n) is 1.33. The monoisotopic (exact) mass is 261 g/mol. The largest absolute Gasteiger partial charge is 0.495 e. The Bertz CT molecular complexity index is 219. The van der Waals surface area contributed by atoms with Gasteiger partial charge in [0.1, 0.15) is 5.76 Å². The van der Waals surface area contributed by atoms with E-state index < -0.39 is 0 Å². The van der Waals surface area contributed by atoms with E-state index in [1.807, 2.05) is 32.8 Å². The van der Waals surface area contributed by atoms with Gasteiger partial charge >= 0.3 is 0 Å². The van der Waals surface area contributed by atoms with Crippen LogP contribution in [0.5, 0.6) is 0 Å². The highest BCUT2D eigenvalue weighted by atomic mass is 79.9. The fourth-order valence-electron chi connectivity index (χ4n) is 0.623. The lowest BCUT2D eigenvalue weighted by Gasteiger charge is -2.17. The second-order valence-corrected chi connectivity index (χ2v) is 3.52. The molecule has 0 amide bonds. The first kappa shape index (κ1) is 15.8. The van der Waals surface area contributed by atoms with Crippen LogP contribution in [0.3, 0.4) is 0 Å². The van der Waals surface area contributed by atoms with Gasteiger partial charge < -0.3 is 9.64 Å². The number of likely N-dealkylation sites (N-methyl/N-ethyl adjacent to an activating group) is 1. The summed E-state index contributed by atoms with van der Waals surface area (Å²) in [4.78, 5) is 1.88. The summed E-state index contributed by atoms with van der Waals surface area (Å²) in [6.07, 6.45) is 1.78. The van der Waals surface area contributed by atoms with Crippen molar-refractivity contribution in [2.24, 2.45) is 0 Å². The first-order chi connectivity index (χ1) is 6.49. The van der Waals surface area contributed by atoms with Crippen LogP contribution >= 0.6 is 15.9 Å². The molecule has 0 aromatic heterocycles. The number of hydrogen-bond donors (Lipinski definition) is 0. The Labute approximate surface area is 96.1 Å². The van der Waals surface area contributed by atoms with E-state index in [0.29, 0.717) is 5.76 Å². The molecule has 0 saturated carbocycles. The number of ether oxygens (including phenoxy) is 1. The molecule has 0 fully saturated rings. The zero-order valence-corrected chi connectivity index (χ0v) is 11.3. The zero-order valence-electron chi connectivity index (χ0n) is 9.72. The third kappa shape index (κ3) is 6.78. The fourth-order valence-corrected chi connectivity index (χ4v) is 0.831. The summed E-state index contributed by atoms with van der Waals surface area (Å²) in [5, 5.41) is 0. The Kier molecular flexibility index (Phi) is 9.99. The van der Waals surface area contributed by atoms with Crippen molar-refractivity contribution in [3.8, 4) is 0 Å². The van der Waals surface area contributed by atoms with Crippen molar-refractivity contribution in [3.05, 3.63) is 35.2 Å². The smallest absolute Gasteiger partial charge is 0.142 e. The molecule has 14 heavy (non-hydrogen) atoms. The molecule has 0 radical (unpaired) electrons. The molecule has 2 nitrogen and oxygen atoms in total. The lowest BCUT2D eigenvalue weighted by Crippen LogP contribution is -2.12. The summed E-state index contributed by atoms with van der Waals surface area (Å²) < 4.78 is 5.88. The van der Waals surface area contributed by atoms with Gasteiger partial charge in [0.25, 0.3) is 0 Å². The Hall–Kier alpha value is -0.700. The van der Waals surface area contributed by atoms with Gasteiger partial charge in [-0.1, -0.05) is 42.9 Å². The van der Waals surface area contributed by atoms with E-state index in [4.69, 9.17) is 4.74 Å². The summed E-state index contributed by atoms with van der Waals surface area (Å²) in [7, 11) is 5.43. The Balaban J connectivity index is 0. The predicted molar refractivity (Wildman–Crippen MR) is 67.3 cm³/mol. The van der Waals surface area contributed by atoms with Crippen molar-refractivity contribution in [2.75, 3.05) is 21.2 Å². The van der Waals surface area contributed by atoms with Gasteiger partial charge in [-0.05, 0) is 6.08 Å². The van der Waals surface area contributed by atoms with Crippen molar-refractivity contribution >= 4 is 15.9 Å². The molecule has 0 bridgehead atoms. The van der Waals surface area contributed by atoms with E-state index >= 15 is 0 Å². The molecule has 0 aliphatic heterocycles. The molecule has 0 aliphatic rings. The number of hydrogen-bond acceptors (Lipinski definition) is 2. The number of allylic oxidation sites excluding steroid dienone is 2. The van der Waals surface area contributed by atoms with Crippen molar-refractivity contribution in [3.63, 3.8) is 0 Å². The van der Waals surface area contributed by atoms with E-state index in [2.05, 4.69) is 29.1 Å². The van der Waals surface area contributed by atoms with Gasteiger partial charge in [-0.3, -0.25) is 0 Å². The molecular formula is C11H20BrNO. The summed E-state index contributed by atoms with van der Waals surface area (Å²) in [6, 6.07) is 0. The minimum Gasteiger partial charge on any atom is -0.495 e. The lowest BCUT2D eigenvalue weighted by molar-refractivity contribution is 0.280. The molecule has 0 unspecified atom stereocenters. The predicted octanol–water partition coefficient (Wildman–Crippen LogP) is 3.53. The highest BCUT2D eigenvalue weighted by Gasteiger charge is 2.03. The van der Waals surface area contributed by atoms with Gasteiger partial charge in [0.15, 0.2) is 0 Å². The van der Waals surface area contributed by atoms with Crippen LogP contribution in [0.15, 0.2) is 35.2 Å². The number of halogens is 1. The van der Waals surface area contributed by atoms with Crippen LogP contribution in [0.25, 0.3) is 0 Å². The van der Waals surface area contributed by atoms with E-state index in [1.165, 1.54) is 0 Å². The van der Waals surface area contributed by atoms with Crippen LogP contribution in [0, 0.1) is 0 Å². The number of nitrogens with zero attached hydrogens (tertiary/aromatic N) is 1. The van der Waals surface area contributed by atoms with Crippen LogP contribution in [-0.2, 0) is 4.74 Å². The molecule has 0 N–H and O–H groups in total. The summed E-state index contributed by atoms with van der Waals surface area (Å²) in [5.41, 5.74) is 0.818. The summed E-state index contributed by atoms with van der Waals surface area (Å²) in [6.45, 7) is 11.5. The van der Waals surface area contributed by atoms with Crippen LogP contribution in [0.1, 0.15) is 13.8 Å². The zero-order chi connectivity index (χ0) is 11.7. The maximum atomic E-state index is 5.11. The molecule has 0 spiro atoms. The van der Waals surface area contributed by atoms with Crippen molar-refractivity contribution < 1.29 is 4.74 Å². The van der Waals surface area contributed by atoms with E-state index in [9.17, 15) is 0 Å². The molecule has 0 rings (SSSR count). The first-order valence-electron chi connectivity index (χ1n) is 4.45. The standard InChI is InChI=1S/C9H14BrNO.C2H6/c1-7(10)6-9(12-5)8(2)11(3)4;1-2/h6H,1-2H2,3-5H3;1-2H3/b9-6+;. The Morgan fingerprint density at radius 3 is 1.93 bits per heavy atom. The van der Waals surface area contributed by atoms with Crippen LogP contribution in [0.2, 0.25) is 0 Å². The quantitative estimate of drug-likeness (QED) is 0.567. The van der Waals surface area contributed by atoms with Gasteiger partial charge in [0, 0.05) is 18.6 Å². The Morgan fingerprint density at radius 2 is 1.71 bits per heavy atom. The highest BCUT2D eigenvalue weighted by Crippen LogP contribution is 2.15. The lowest BCUT2D eigenvalue weighted by atomic mass is 10.3. The molecular weight excluding hydrogens is 242 g/mol. The second kappa shape index (κ2) is 8.88. The molecule has 0 heterocycles. The average molecular weight is 262 g/mol. The van der Waals surface area contributed by atoms with Gasteiger partial charge in [0.05, 0.1) is 12.8 Å². The Morgan fingerprint density at radius 1 is 1.29 bits per heavy atom. The minimum atomic E-state index is 0.710. The van der Waals surface area contributed by atoms with E-state index in [0.717, 1.165) is 10.2 Å². The molecule has 0 aliphatic carbocycles. The minimum absolute atomic E-state index is 0.710. The second-order valence-electron chi connectivity index (χ2n) is 2.50. The molecule has 82 valence electrons. The van der Waals surface area contributed by atoms with Gasteiger partial charge in [-0.25, -0.2) is 0 Å². The van der Waals surface area contributed by atoms with Crippen LogP contribution in [0.4, 0.5) is 0 Å². The van der Waals surface area contributed by atoms with Crippen LogP contribution < -0.4 is 0 Å². The number of methoxy groups -OCH3 is 1. The summed E-state index contributed by atoms with van der Waals surface area (Å²) >= 11 is 3.22. The van der Waals surface area contributed by atoms with Gasteiger partial charge in [-0.15, -0.1) is 0 Å². The normalized spacial score (nSPS) is 9.71. The molecule has 0 saturated heterocycles. The molecule has 0 atom stereocenters. The van der Waals surface area contributed by atoms with Gasteiger partial charge in [0.2, 0.25) is 0 Å². The molecule has 0 aromatic rings. The maximum Gasteiger partial charge on any atom is 0.142 e. The average Bonchev–Trinajstić information content (AvgIpc) is 2.15. The van der Waals surface area contributed by atoms with Crippen LogP contribution in [-0.4, -0.2) is 26.1 Å². The van der Waals surface area contributed by atoms with Gasteiger partial charge in [-0.2, -0.15) is 0 Å². The number of rotatable bonds is 4. The highest BCUT2D eigenvalue weighted by molar-refractivity contribution is 9.11. The van der Waals surface area contributed by atoms with Crippen molar-refractivity contribution in [1.82, 2.24) is 4.90 Å². The topological polar surface area (TPSA) is 12.5 Å².